The van der Waals surface area contributed by atoms with Crippen molar-refractivity contribution in [3.63, 3.8) is 0 Å². The van der Waals surface area contributed by atoms with Crippen LogP contribution in [0.4, 0.5) is 13.2 Å². The molecule has 0 bridgehead atoms. The number of aromatic nitrogens is 1. The van der Waals surface area contributed by atoms with Gasteiger partial charge in [-0.15, -0.1) is 11.6 Å². The summed E-state index contributed by atoms with van der Waals surface area (Å²) >= 11 is 6.06. The van der Waals surface area contributed by atoms with Crippen molar-refractivity contribution in [2.45, 2.75) is 38.2 Å². The van der Waals surface area contributed by atoms with Gasteiger partial charge in [-0.1, -0.05) is 13.8 Å². The Morgan fingerprint density at radius 3 is 2.53 bits per heavy atom. The molecule has 0 aromatic carbocycles. The summed E-state index contributed by atoms with van der Waals surface area (Å²) in [5.41, 5.74) is -0.281. The van der Waals surface area contributed by atoms with Crippen molar-refractivity contribution < 1.29 is 13.2 Å². The van der Waals surface area contributed by atoms with Gasteiger partial charge < -0.3 is 0 Å². The molecule has 0 aliphatic rings. The van der Waals surface area contributed by atoms with Crippen molar-refractivity contribution in [2.24, 2.45) is 5.92 Å². The molecule has 1 rings (SSSR count). The summed E-state index contributed by atoms with van der Waals surface area (Å²) < 4.78 is 37.4. The Morgan fingerprint density at radius 2 is 2.00 bits per heavy atom. The van der Waals surface area contributed by atoms with E-state index in [-0.39, 0.29) is 5.38 Å². The molecule has 0 saturated carbocycles. The second-order valence-electron chi connectivity index (χ2n) is 4.46. The summed E-state index contributed by atoms with van der Waals surface area (Å²) in [5.74, 6) is 0.420. The Kier molecular flexibility index (Phi) is 4.80. The second kappa shape index (κ2) is 5.71. The maximum atomic E-state index is 12.5. The maximum absolute atomic E-state index is 12.5. The van der Waals surface area contributed by atoms with E-state index in [1.54, 1.807) is 0 Å². The van der Waals surface area contributed by atoms with Crippen molar-refractivity contribution in [3.05, 3.63) is 29.6 Å². The molecule has 1 aromatic rings. The normalized spacial score (nSPS) is 14.1. The van der Waals surface area contributed by atoms with Gasteiger partial charge in [0.25, 0.3) is 0 Å². The van der Waals surface area contributed by atoms with Gasteiger partial charge in [-0.05, 0) is 24.5 Å². The van der Waals surface area contributed by atoms with Gasteiger partial charge in [0.1, 0.15) is 0 Å². The zero-order valence-electron chi connectivity index (χ0n) is 9.76. The number of pyridine rings is 1. The highest BCUT2D eigenvalue weighted by molar-refractivity contribution is 6.20. The molecule has 0 N–H and O–H groups in total. The first kappa shape index (κ1) is 14.3. The number of hydrogen-bond acceptors (Lipinski definition) is 1. The first-order chi connectivity index (χ1) is 7.79. The topological polar surface area (TPSA) is 12.9 Å². The van der Waals surface area contributed by atoms with Crippen LogP contribution < -0.4 is 0 Å². The lowest BCUT2D eigenvalue weighted by atomic mass is 10.0. The van der Waals surface area contributed by atoms with Gasteiger partial charge >= 0.3 is 6.18 Å². The van der Waals surface area contributed by atoms with Gasteiger partial charge in [0.2, 0.25) is 0 Å². The van der Waals surface area contributed by atoms with Crippen LogP contribution in [0.3, 0.4) is 0 Å². The van der Waals surface area contributed by atoms with E-state index in [4.69, 9.17) is 11.6 Å². The molecule has 5 heteroatoms. The number of nitrogens with zero attached hydrogens (tertiary/aromatic N) is 1. The van der Waals surface area contributed by atoms with Crippen LogP contribution in [0.15, 0.2) is 18.3 Å². The van der Waals surface area contributed by atoms with Crippen molar-refractivity contribution in [3.8, 4) is 0 Å². The molecule has 0 amide bonds. The van der Waals surface area contributed by atoms with Gasteiger partial charge in [0.05, 0.1) is 5.56 Å². The van der Waals surface area contributed by atoms with E-state index in [2.05, 4.69) is 4.98 Å². The molecule has 0 fully saturated rings. The van der Waals surface area contributed by atoms with E-state index >= 15 is 0 Å². The van der Waals surface area contributed by atoms with Crippen LogP contribution in [0.25, 0.3) is 0 Å². The fourth-order valence-electron chi connectivity index (χ4n) is 1.59. The van der Waals surface area contributed by atoms with Gasteiger partial charge in [-0.25, -0.2) is 0 Å². The van der Waals surface area contributed by atoms with Crippen molar-refractivity contribution in [2.75, 3.05) is 0 Å². The lowest BCUT2D eigenvalue weighted by Crippen LogP contribution is -2.11. The zero-order valence-corrected chi connectivity index (χ0v) is 10.5. The molecule has 1 nitrogen and oxygen atoms in total. The van der Waals surface area contributed by atoms with Crippen LogP contribution >= 0.6 is 11.6 Å². The Hall–Kier alpha value is -0.770. The van der Waals surface area contributed by atoms with Gasteiger partial charge in [0, 0.05) is 23.7 Å². The fourth-order valence-corrected chi connectivity index (χ4v) is 2.10. The van der Waals surface area contributed by atoms with Crippen molar-refractivity contribution in [1.29, 1.82) is 0 Å². The molecule has 96 valence electrons. The third kappa shape index (κ3) is 4.94. The monoisotopic (exact) mass is 265 g/mol. The number of rotatable bonds is 4. The molecule has 1 atom stereocenters. The quantitative estimate of drug-likeness (QED) is 0.740. The Balaban J connectivity index is 2.72. The molecule has 0 radical (unpaired) electrons. The third-order valence-corrected chi connectivity index (χ3v) is 2.63. The van der Waals surface area contributed by atoms with Gasteiger partial charge in [-0.2, -0.15) is 13.2 Å². The zero-order chi connectivity index (χ0) is 13.1. The number of alkyl halides is 4. The fraction of sp³-hybridized carbons (Fsp3) is 0.583. The maximum Gasteiger partial charge on any atom is 0.416 e. The van der Waals surface area contributed by atoms with Crippen LogP contribution in [-0.4, -0.2) is 10.4 Å². The summed E-state index contributed by atoms with van der Waals surface area (Å²) in [6.07, 6.45) is -2.02. The summed E-state index contributed by atoms with van der Waals surface area (Å²) in [6.45, 7) is 4.05. The van der Waals surface area contributed by atoms with Crippen LogP contribution in [0.2, 0.25) is 0 Å². The molecule has 0 aliphatic heterocycles. The van der Waals surface area contributed by atoms with Crippen molar-refractivity contribution >= 4 is 11.6 Å². The molecule has 1 heterocycles. The predicted octanol–water partition coefficient (Wildman–Crippen LogP) is 4.30. The Labute approximate surface area is 104 Å². The molecule has 1 aromatic heterocycles. The predicted molar refractivity (Wildman–Crippen MR) is 62.0 cm³/mol. The summed E-state index contributed by atoms with van der Waals surface area (Å²) in [7, 11) is 0. The molecule has 0 spiro atoms. The molecule has 0 aliphatic carbocycles. The van der Waals surface area contributed by atoms with Crippen LogP contribution in [0.5, 0.6) is 0 Å². The third-order valence-electron chi connectivity index (χ3n) is 2.30. The second-order valence-corrected chi connectivity index (χ2v) is 5.08. The molecule has 0 saturated heterocycles. The highest BCUT2D eigenvalue weighted by atomic mass is 35.5. The Bertz CT molecular complexity index is 363. The van der Waals surface area contributed by atoms with E-state index in [9.17, 15) is 13.2 Å². The average molecular weight is 266 g/mol. The average Bonchev–Trinajstić information content (AvgIpc) is 2.15. The lowest BCUT2D eigenvalue weighted by molar-refractivity contribution is -0.137. The standard InChI is InChI=1S/C12H15ClF3N/c1-8(2)5-10(13)7-11-6-9(3-4-17-11)12(14,15)16/h3-4,6,8,10H,5,7H2,1-2H3. The minimum atomic E-state index is -4.32. The summed E-state index contributed by atoms with van der Waals surface area (Å²) in [4.78, 5) is 3.92. The molecule has 17 heavy (non-hydrogen) atoms. The summed E-state index contributed by atoms with van der Waals surface area (Å²) in [5, 5.41) is -0.175. The van der Waals surface area contributed by atoms with Crippen LogP contribution in [0.1, 0.15) is 31.5 Å². The van der Waals surface area contributed by atoms with Gasteiger partial charge in [0.15, 0.2) is 0 Å². The van der Waals surface area contributed by atoms with E-state index in [1.807, 2.05) is 13.8 Å². The van der Waals surface area contributed by atoms with E-state index < -0.39 is 11.7 Å². The minimum Gasteiger partial charge on any atom is -0.261 e. The largest absolute Gasteiger partial charge is 0.416 e. The molecular formula is C12H15ClF3N. The van der Waals surface area contributed by atoms with E-state index in [0.29, 0.717) is 18.0 Å². The van der Waals surface area contributed by atoms with E-state index in [0.717, 1.165) is 18.6 Å². The Morgan fingerprint density at radius 1 is 1.35 bits per heavy atom. The van der Waals surface area contributed by atoms with Crippen LogP contribution in [0, 0.1) is 5.92 Å². The SMILES string of the molecule is CC(C)CC(Cl)Cc1cc(C(F)(F)F)ccn1. The van der Waals surface area contributed by atoms with E-state index in [1.165, 1.54) is 6.20 Å². The summed E-state index contributed by atoms with van der Waals surface area (Å²) in [6, 6.07) is 2.03. The highest BCUT2D eigenvalue weighted by Gasteiger charge is 2.30. The lowest BCUT2D eigenvalue weighted by Gasteiger charge is -2.12. The first-order valence-electron chi connectivity index (χ1n) is 5.45. The van der Waals surface area contributed by atoms with Crippen LogP contribution in [-0.2, 0) is 12.6 Å². The number of hydrogen-bond donors (Lipinski definition) is 0. The molecule has 1 unspecified atom stereocenters. The first-order valence-corrected chi connectivity index (χ1v) is 5.89. The highest BCUT2D eigenvalue weighted by Crippen LogP contribution is 2.29. The number of halogens is 4. The van der Waals surface area contributed by atoms with Gasteiger partial charge in [-0.3, -0.25) is 4.98 Å². The smallest absolute Gasteiger partial charge is 0.261 e. The molecular weight excluding hydrogens is 251 g/mol. The minimum absolute atomic E-state index is 0.175. The van der Waals surface area contributed by atoms with Crippen molar-refractivity contribution in [1.82, 2.24) is 4.98 Å².